The third-order valence-electron chi connectivity index (χ3n) is 4.96. The third kappa shape index (κ3) is 5.69. The number of benzene rings is 1. The zero-order valence-electron chi connectivity index (χ0n) is 17.5. The predicted octanol–water partition coefficient (Wildman–Crippen LogP) is 1.24. The maximum Gasteiger partial charge on any atom is 0.247 e. The van der Waals surface area contributed by atoms with Crippen LogP contribution in [-0.4, -0.2) is 93.1 Å². The summed E-state index contributed by atoms with van der Waals surface area (Å²) < 4.78 is 34.6. The highest BCUT2D eigenvalue weighted by Crippen LogP contribution is 2.35. The van der Waals surface area contributed by atoms with Gasteiger partial charge in [-0.2, -0.15) is 4.31 Å². The van der Waals surface area contributed by atoms with E-state index in [1.165, 1.54) is 10.4 Å². The van der Waals surface area contributed by atoms with E-state index in [4.69, 9.17) is 4.74 Å². The van der Waals surface area contributed by atoms with Crippen LogP contribution in [0.15, 0.2) is 27.6 Å². The molecule has 1 heterocycles. The number of aliphatic hydroxyl groups is 1. The van der Waals surface area contributed by atoms with Crippen LogP contribution in [0.2, 0.25) is 0 Å². The quantitative estimate of drug-likeness (QED) is 0.643. The predicted molar refractivity (Wildman–Crippen MR) is 114 cm³/mol. The largest absolute Gasteiger partial charge is 0.487 e. The van der Waals surface area contributed by atoms with Crippen LogP contribution in [0.25, 0.3) is 0 Å². The van der Waals surface area contributed by atoms with E-state index in [1.807, 2.05) is 21.0 Å². The summed E-state index contributed by atoms with van der Waals surface area (Å²) in [7, 11) is 1.52. The summed E-state index contributed by atoms with van der Waals surface area (Å²) in [6.07, 6.45) is -0.414. The minimum atomic E-state index is -3.85. The number of fused-ring (bicyclic) bond motifs is 1. The standard InChI is InChI=1S/C19H30BrN3O5S/c1-13-9-23(14(2)12-24)29(26,27)18-7-6-15(20)8-16(18)28-17(13)10-22(5)19(25)11-21(3)4/h6-8,13-14,17,24H,9-12H2,1-5H3/t13-,14-,17+/m1/s1. The second-order valence-electron chi connectivity index (χ2n) is 7.84. The Balaban J connectivity index is 2.43. The van der Waals surface area contributed by atoms with Crippen molar-refractivity contribution in [2.24, 2.45) is 5.92 Å². The van der Waals surface area contributed by atoms with E-state index in [2.05, 4.69) is 15.9 Å². The number of hydrogen-bond acceptors (Lipinski definition) is 6. The van der Waals surface area contributed by atoms with Gasteiger partial charge in [0.25, 0.3) is 0 Å². The summed E-state index contributed by atoms with van der Waals surface area (Å²) in [6.45, 7) is 4.06. The van der Waals surface area contributed by atoms with Gasteiger partial charge in [-0.05, 0) is 39.2 Å². The van der Waals surface area contributed by atoms with Gasteiger partial charge in [-0.15, -0.1) is 0 Å². The van der Waals surface area contributed by atoms with Crippen LogP contribution in [0.5, 0.6) is 5.75 Å². The first-order valence-electron chi connectivity index (χ1n) is 9.45. The van der Waals surface area contributed by atoms with Gasteiger partial charge < -0.3 is 19.6 Å². The number of rotatable bonds is 6. The second-order valence-corrected chi connectivity index (χ2v) is 10.6. The minimum Gasteiger partial charge on any atom is -0.487 e. The van der Waals surface area contributed by atoms with Gasteiger partial charge in [-0.3, -0.25) is 4.79 Å². The van der Waals surface area contributed by atoms with Crippen molar-refractivity contribution in [3.8, 4) is 5.75 Å². The van der Waals surface area contributed by atoms with Crippen molar-refractivity contribution in [2.75, 3.05) is 47.4 Å². The Hall–Kier alpha value is -1.20. The molecule has 0 saturated heterocycles. The molecule has 0 fully saturated rings. The molecule has 164 valence electrons. The number of sulfonamides is 1. The van der Waals surface area contributed by atoms with Crippen molar-refractivity contribution in [1.82, 2.24) is 14.1 Å². The Morgan fingerprint density at radius 3 is 2.62 bits per heavy atom. The number of amides is 1. The maximum atomic E-state index is 13.2. The molecule has 1 aromatic carbocycles. The van der Waals surface area contributed by atoms with E-state index >= 15 is 0 Å². The lowest BCUT2D eigenvalue weighted by atomic mass is 10.0. The van der Waals surface area contributed by atoms with Crippen molar-refractivity contribution in [3.05, 3.63) is 22.7 Å². The number of carbonyl (C=O) groups is 1. The lowest BCUT2D eigenvalue weighted by Gasteiger charge is -2.37. The van der Waals surface area contributed by atoms with Crippen molar-refractivity contribution in [1.29, 1.82) is 0 Å². The lowest BCUT2D eigenvalue weighted by molar-refractivity contribution is -0.132. The average molecular weight is 492 g/mol. The highest BCUT2D eigenvalue weighted by Gasteiger charge is 2.38. The van der Waals surface area contributed by atoms with Gasteiger partial charge in [-0.1, -0.05) is 22.9 Å². The smallest absolute Gasteiger partial charge is 0.247 e. The molecule has 0 spiro atoms. The molecule has 1 aliphatic heterocycles. The van der Waals surface area contributed by atoms with Crippen molar-refractivity contribution < 1.29 is 23.1 Å². The van der Waals surface area contributed by atoms with E-state index in [0.717, 1.165) is 0 Å². The van der Waals surface area contributed by atoms with Gasteiger partial charge in [0.05, 0.1) is 19.7 Å². The molecule has 8 nitrogen and oxygen atoms in total. The zero-order valence-corrected chi connectivity index (χ0v) is 19.9. The van der Waals surface area contributed by atoms with Crippen LogP contribution in [0.1, 0.15) is 13.8 Å². The topological polar surface area (TPSA) is 90.4 Å². The van der Waals surface area contributed by atoms with E-state index < -0.39 is 22.2 Å². The molecule has 3 atom stereocenters. The van der Waals surface area contributed by atoms with E-state index in [0.29, 0.717) is 11.0 Å². The molecule has 0 unspecified atom stereocenters. The van der Waals surface area contributed by atoms with Gasteiger partial charge in [0.2, 0.25) is 15.9 Å². The van der Waals surface area contributed by atoms with Crippen LogP contribution >= 0.6 is 15.9 Å². The molecule has 29 heavy (non-hydrogen) atoms. The molecule has 0 aliphatic carbocycles. The summed E-state index contributed by atoms with van der Waals surface area (Å²) in [6, 6.07) is 4.20. The molecule has 0 radical (unpaired) electrons. The second kappa shape index (κ2) is 9.74. The summed E-state index contributed by atoms with van der Waals surface area (Å²) in [5.41, 5.74) is 0. The van der Waals surface area contributed by atoms with Gasteiger partial charge in [0.15, 0.2) is 0 Å². The molecule has 1 aromatic rings. The Bertz CT molecular complexity index is 833. The Kier molecular flexibility index (Phi) is 8.08. The Morgan fingerprint density at radius 1 is 1.38 bits per heavy atom. The average Bonchev–Trinajstić information content (AvgIpc) is 2.63. The summed E-state index contributed by atoms with van der Waals surface area (Å²) >= 11 is 3.37. The van der Waals surface area contributed by atoms with Crippen molar-refractivity contribution in [2.45, 2.75) is 30.9 Å². The van der Waals surface area contributed by atoms with E-state index in [9.17, 15) is 18.3 Å². The molecule has 1 N–H and O–H groups in total. The zero-order chi connectivity index (χ0) is 21.9. The highest BCUT2D eigenvalue weighted by atomic mass is 79.9. The normalized spacial score (nSPS) is 22.9. The summed E-state index contributed by atoms with van der Waals surface area (Å²) in [4.78, 5) is 15.8. The van der Waals surface area contributed by atoms with Crippen LogP contribution in [0, 0.1) is 5.92 Å². The highest BCUT2D eigenvalue weighted by molar-refractivity contribution is 9.10. The molecule has 1 amide bonds. The molecule has 1 aliphatic rings. The van der Waals surface area contributed by atoms with Crippen LogP contribution < -0.4 is 4.74 Å². The fourth-order valence-corrected chi connectivity index (χ4v) is 5.35. The van der Waals surface area contributed by atoms with Crippen LogP contribution in [0.4, 0.5) is 0 Å². The number of hydrogen-bond donors (Lipinski definition) is 1. The first kappa shape index (κ1) is 24.1. The first-order valence-corrected chi connectivity index (χ1v) is 11.7. The van der Waals surface area contributed by atoms with Gasteiger partial charge in [0.1, 0.15) is 16.7 Å². The monoisotopic (exact) mass is 491 g/mol. The molecular formula is C19H30BrN3O5S. The molecule has 0 saturated carbocycles. The van der Waals surface area contributed by atoms with Gasteiger partial charge in [0, 0.05) is 30.0 Å². The number of likely N-dealkylation sites (N-methyl/N-ethyl adjacent to an activating group) is 2. The van der Waals surface area contributed by atoms with Gasteiger partial charge in [-0.25, -0.2) is 8.42 Å². The van der Waals surface area contributed by atoms with Crippen LogP contribution in [0.3, 0.4) is 0 Å². The minimum absolute atomic E-state index is 0.0458. The Morgan fingerprint density at radius 2 is 2.03 bits per heavy atom. The Labute approximate surface area is 181 Å². The number of nitrogens with zero attached hydrogens (tertiary/aromatic N) is 3. The SMILES string of the molecule is C[C@@H]1CN([C@H](C)CO)S(=O)(=O)c2ccc(Br)cc2O[C@H]1CN(C)C(=O)CN(C)C. The van der Waals surface area contributed by atoms with Gasteiger partial charge >= 0.3 is 0 Å². The summed E-state index contributed by atoms with van der Waals surface area (Å²) in [5.74, 6) is -0.0180. The summed E-state index contributed by atoms with van der Waals surface area (Å²) in [5, 5.41) is 9.63. The van der Waals surface area contributed by atoms with E-state index in [1.54, 1.807) is 35.9 Å². The molecule has 2 rings (SSSR count). The van der Waals surface area contributed by atoms with Crippen molar-refractivity contribution in [3.63, 3.8) is 0 Å². The fourth-order valence-electron chi connectivity index (χ4n) is 3.18. The van der Waals surface area contributed by atoms with Crippen molar-refractivity contribution >= 4 is 31.9 Å². The molecule has 10 heteroatoms. The molecule has 0 aromatic heterocycles. The maximum absolute atomic E-state index is 13.2. The first-order chi connectivity index (χ1) is 13.5. The fraction of sp³-hybridized carbons (Fsp3) is 0.632. The van der Waals surface area contributed by atoms with Crippen LogP contribution in [-0.2, 0) is 14.8 Å². The number of aliphatic hydroxyl groups excluding tert-OH is 1. The third-order valence-corrected chi connectivity index (χ3v) is 7.47. The number of halogens is 1. The molecule has 0 bridgehead atoms. The number of ether oxygens (including phenoxy) is 1. The number of carbonyl (C=O) groups excluding carboxylic acids is 1. The van der Waals surface area contributed by atoms with E-state index in [-0.39, 0.29) is 42.2 Å². The molecular weight excluding hydrogens is 462 g/mol. The lowest BCUT2D eigenvalue weighted by Crippen LogP contribution is -2.50.